The first-order chi connectivity index (χ1) is 9.04. The molecule has 0 amide bonds. The Morgan fingerprint density at radius 1 is 1.47 bits per heavy atom. The molecule has 0 saturated heterocycles. The number of aryl methyl sites for hydroxylation is 1. The summed E-state index contributed by atoms with van der Waals surface area (Å²) in [5, 5.41) is 12.0. The molecule has 5 nitrogen and oxygen atoms in total. The van der Waals surface area contributed by atoms with Gasteiger partial charge in [0.05, 0.1) is 10.7 Å². The number of thiazole rings is 1. The number of carboxylic acid groups (broad SMARTS) is 1. The Morgan fingerprint density at radius 2 is 2.26 bits per heavy atom. The Labute approximate surface area is 115 Å². The van der Waals surface area contributed by atoms with E-state index in [2.05, 4.69) is 14.9 Å². The van der Waals surface area contributed by atoms with Crippen molar-refractivity contribution in [2.75, 3.05) is 7.05 Å². The molecule has 2 rings (SSSR count). The minimum Gasteiger partial charge on any atom is -0.477 e. The second kappa shape index (κ2) is 5.90. The van der Waals surface area contributed by atoms with Crippen LogP contribution in [0, 0.1) is 6.92 Å². The number of aromatic nitrogens is 2. The zero-order chi connectivity index (χ0) is 13.8. The van der Waals surface area contributed by atoms with Crippen molar-refractivity contribution in [3.05, 3.63) is 45.7 Å². The molecule has 0 aliphatic rings. The van der Waals surface area contributed by atoms with Crippen LogP contribution in [0.3, 0.4) is 0 Å². The Morgan fingerprint density at radius 3 is 2.89 bits per heavy atom. The first-order valence-corrected chi connectivity index (χ1v) is 6.70. The van der Waals surface area contributed by atoms with Crippen LogP contribution in [0.25, 0.3) is 0 Å². The quantitative estimate of drug-likeness (QED) is 0.907. The van der Waals surface area contributed by atoms with Gasteiger partial charge in [-0.05, 0) is 31.7 Å². The minimum absolute atomic E-state index is 0.0791. The zero-order valence-corrected chi connectivity index (χ0v) is 11.6. The number of hydrogen-bond donors (Lipinski definition) is 1. The van der Waals surface area contributed by atoms with E-state index in [9.17, 15) is 4.79 Å². The van der Waals surface area contributed by atoms with Crippen LogP contribution in [0.4, 0.5) is 0 Å². The topological polar surface area (TPSA) is 66.3 Å². The SMILES string of the molecule is Cc1nc(CN(C)Cc2ccnc(C(=O)O)c2)cs1. The lowest BCUT2D eigenvalue weighted by Crippen LogP contribution is -2.18. The standard InChI is InChI=1S/C13H15N3O2S/c1-9-15-11(8-19-9)7-16(2)6-10-3-4-14-12(5-10)13(17)18/h3-5,8H,6-7H2,1-2H3,(H,17,18). The molecule has 0 spiro atoms. The van der Waals surface area contributed by atoms with Gasteiger partial charge in [-0.15, -0.1) is 11.3 Å². The lowest BCUT2D eigenvalue weighted by atomic mass is 10.2. The molecular weight excluding hydrogens is 262 g/mol. The molecule has 0 radical (unpaired) electrons. The molecule has 2 aromatic heterocycles. The number of nitrogens with zero attached hydrogens (tertiary/aromatic N) is 3. The average molecular weight is 277 g/mol. The van der Waals surface area contributed by atoms with Crippen LogP contribution < -0.4 is 0 Å². The molecule has 0 atom stereocenters. The van der Waals surface area contributed by atoms with Crippen LogP contribution in [0.1, 0.15) is 26.8 Å². The Hall–Kier alpha value is -1.79. The Bertz CT molecular complexity index is 583. The van der Waals surface area contributed by atoms with Crippen LogP contribution in [-0.2, 0) is 13.1 Å². The number of hydrogen-bond acceptors (Lipinski definition) is 5. The van der Waals surface area contributed by atoms with Crippen molar-refractivity contribution in [2.45, 2.75) is 20.0 Å². The molecule has 0 aliphatic carbocycles. The van der Waals surface area contributed by atoms with Crippen molar-refractivity contribution in [2.24, 2.45) is 0 Å². The summed E-state index contributed by atoms with van der Waals surface area (Å²) in [5.74, 6) is -1.00. The summed E-state index contributed by atoms with van der Waals surface area (Å²) in [6.45, 7) is 3.39. The third-order valence-electron chi connectivity index (χ3n) is 2.59. The van der Waals surface area contributed by atoms with E-state index in [1.54, 1.807) is 17.4 Å². The third kappa shape index (κ3) is 3.84. The Balaban J connectivity index is 2.00. The molecule has 100 valence electrons. The zero-order valence-electron chi connectivity index (χ0n) is 10.8. The summed E-state index contributed by atoms with van der Waals surface area (Å²) < 4.78 is 0. The van der Waals surface area contributed by atoms with Crippen LogP contribution in [0.2, 0.25) is 0 Å². The van der Waals surface area contributed by atoms with E-state index in [0.717, 1.165) is 22.8 Å². The van der Waals surface area contributed by atoms with E-state index in [1.165, 1.54) is 6.20 Å². The average Bonchev–Trinajstić information content (AvgIpc) is 2.74. The lowest BCUT2D eigenvalue weighted by molar-refractivity contribution is 0.0690. The molecule has 0 unspecified atom stereocenters. The van der Waals surface area contributed by atoms with Gasteiger partial charge in [0.2, 0.25) is 0 Å². The molecule has 0 saturated carbocycles. The number of carboxylic acids is 1. The molecule has 0 aliphatic heterocycles. The second-order valence-electron chi connectivity index (χ2n) is 4.38. The van der Waals surface area contributed by atoms with Crippen molar-refractivity contribution in [3.8, 4) is 0 Å². The minimum atomic E-state index is -1.00. The van der Waals surface area contributed by atoms with Gasteiger partial charge >= 0.3 is 5.97 Å². The van der Waals surface area contributed by atoms with Gasteiger partial charge in [-0.2, -0.15) is 0 Å². The summed E-state index contributed by atoms with van der Waals surface area (Å²) in [7, 11) is 1.98. The van der Waals surface area contributed by atoms with Gasteiger partial charge in [0.25, 0.3) is 0 Å². The highest BCUT2D eigenvalue weighted by Crippen LogP contribution is 2.12. The smallest absolute Gasteiger partial charge is 0.354 e. The van der Waals surface area contributed by atoms with E-state index in [0.29, 0.717) is 6.54 Å². The normalized spacial score (nSPS) is 10.9. The van der Waals surface area contributed by atoms with Crippen LogP contribution >= 0.6 is 11.3 Å². The van der Waals surface area contributed by atoms with Crippen molar-refractivity contribution in [1.29, 1.82) is 0 Å². The lowest BCUT2D eigenvalue weighted by Gasteiger charge is -2.15. The van der Waals surface area contributed by atoms with Crippen LogP contribution in [0.5, 0.6) is 0 Å². The van der Waals surface area contributed by atoms with Crippen molar-refractivity contribution >= 4 is 17.3 Å². The summed E-state index contributed by atoms with van der Waals surface area (Å²) in [5.41, 5.74) is 2.05. The maximum Gasteiger partial charge on any atom is 0.354 e. The van der Waals surface area contributed by atoms with E-state index >= 15 is 0 Å². The van der Waals surface area contributed by atoms with Crippen molar-refractivity contribution in [3.63, 3.8) is 0 Å². The van der Waals surface area contributed by atoms with Gasteiger partial charge in [-0.25, -0.2) is 14.8 Å². The van der Waals surface area contributed by atoms with E-state index in [4.69, 9.17) is 5.11 Å². The molecule has 6 heteroatoms. The first-order valence-electron chi connectivity index (χ1n) is 5.82. The van der Waals surface area contributed by atoms with E-state index in [1.807, 2.05) is 25.4 Å². The fourth-order valence-electron chi connectivity index (χ4n) is 1.81. The predicted octanol–water partition coefficient (Wildman–Crippen LogP) is 2.18. The highest BCUT2D eigenvalue weighted by Gasteiger charge is 2.08. The van der Waals surface area contributed by atoms with Crippen molar-refractivity contribution in [1.82, 2.24) is 14.9 Å². The molecule has 0 fully saturated rings. The highest BCUT2D eigenvalue weighted by atomic mass is 32.1. The Kier molecular flexibility index (Phi) is 4.24. The third-order valence-corrected chi connectivity index (χ3v) is 3.42. The molecule has 1 N–H and O–H groups in total. The van der Waals surface area contributed by atoms with Gasteiger partial charge in [-0.1, -0.05) is 0 Å². The van der Waals surface area contributed by atoms with E-state index in [-0.39, 0.29) is 5.69 Å². The second-order valence-corrected chi connectivity index (χ2v) is 5.45. The summed E-state index contributed by atoms with van der Waals surface area (Å²) in [4.78, 5) is 21.2. The van der Waals surface area contributed by atoms with Gasteiger partial charge in [0.1, 0.15) is 5.69 Å². The molecule has 0 bridgehead atoms. The summed E-state index contributed by atoms with van der Waals surface area (Å²) >= 11 is 1.63. The summed E-state index contributed by atoms with van der Waals surface area (Å²) in [6.07, 6.45) is 1.53. The molecule has 2 heterocycles. The van der Waals surface area contributed by atoms with E-state index < -0.39 is 5.97 Å². The fourth-order valence-corrected chi connectivity index (χ4v) is 2.42. The largest absolute Gasteiger partial charge is 0.477 e. The monoisotopic (exact) mass is 277 g/mol. The number of aromatic carboxylic acids is 1. The molecular formula is C13H15N3O2S. The van der Waals surface area contributed by atoms with Crippen molar-refractivity contribution < 1.29 is 9.90 Å². The van der Waals surface area contributed by atoms with Gasteiger partial charge in [-0.3, -0.25) is 4.90 Å². The maximum absolute atomic E-state index is 10.8. The molecule has 19 heavy (non-hydrogen) atoms. The fraction of sp³-hybridized carbons (Fsp3) is 0.308. The van der Waals surface area contributed by atoms with Crippen LogP contribution in [-0.4, -0.2) is 33.0 Å². The number of carbonyl (C=O) groups is 1. The number of rotatable bonds is 5. The van der Waals surface area contributed by atoms with Gasteiger partial charge in [0.15, 0.2) is 0 Å². The molecule has 0 aromatic carbocycles. The summed E-state index contributed by atoms with van der Waals surface area (Å²) in [6, 6.07) is 3.43. The van der Waals surface area contributed by atoms with Gasteiger partial charge < -0.3 is 5.11 Å². The molecule has 2 aromatic rings. The first kappa shape index (κ1) is 13.6. The van der Waals surface area contributed by atoms with Crippen LogP contribution in [0.15, 0.2) is 23.7 Å². The van der Waals surface area contributed by atoms with Gasteiger partial charge in [0, 0.05) is 24.7 Å². The number of pyridine rings is 1. The highest BCUT2D eigenvalue weighted by molar-refractivity contribution is 7.09. The maximum atomic E-state index is 10.8. The predicted molar refractivity (Wildman–Crippen MR) is 73.2 cm³/mol.